The van der Waals surface area contributed by atoms with E-state index in [1.807, 2.05) is 24.0 Å². The van der Waals surface area contributed by atoms with Crippen molar-refractivity contribution in [2.75, 3.05) is 35.2 Å². The van der Waals surface area contributed by atoms with Crippen LogP contribution in [0, 0.1) is 0 Å². The third-order valence-electron chi connectivity index (χ3n) is 12.2. The third kappa shape index (κ3) is 7.98. The Labute approximate surface area is 355 Å². The lowest BCUT2D eigenvalue weighted by Crippen LogP contribution is -2.54. The van der Waals surface area contributed by atoms with Crippen molar-refractivity contribution < 1.29 is 43.1 Å². The normalized spacial score (nSPS) is 19.1. The Morgan fingerprint density at radius 3 is 2.15 bits per heavy atom. The average molecular weight is 838 g/mol. The molecular formula is C46H43N7O9. The molecule has 16 nitrogen and oxygen atoms in total. The van der Waals surface area contributed by atoms with Gasteiger partial charge < -0.3 is 30.5 Å². The van der Waals surface area contributed by atoms with Crippen molar-refractivity contribution in [3.63, 3.8) is 0 Å². The number of carbonyl (C=O) groups is 8. The summed E-state index contributed by atoms with van der Waals surface area (Å²) >= 11 is 0. The third-order valence-corrected chi connectivity index (χ3v) is 12.2. The summed E-state index contributed by atoms with van der Waals surface area (Å²) in [5, 5.41) is 11.0. The Morgan fingerprint density at radius 2 is 1.44 bits per heavy atom. The van der Waals surface area contributed by atoms with Crippen LogP contribution < -0.4 is 30.9 Å². The van der Waals surface area contributed by atoms with Gasteiger partial charge in [-0.05, 0) is 117 Å². The molecule has 4 aliphatic heterocycles. The molecule has 3 fully saturated rings. The first-order valence-corrected chi connectivity index (χ1v) is 20.6. The number of hydrogen-bond acceptors (Lipinski definition) is 10. The van der Waals surface area contributed by atoms with Gasteiger partial charge in [0.2, 0.25) is 11.8 Å². The lowest BCUT2D eigenvalue weighted by molar-refractivity contribution is -0.136. The van der Waals surface area contributed by atoms with E-state index in [0.717, 1.165) is 29.0 Å². The summed E-state index contributed by atoms with van der Waals surface area (Å²) < 4.78 is 5.51. The highest BCUT2D eigenvalue weighted by molar-refractivity contribution is 6.23. The van der Waals surface area contributed by atoms with Crippen molar-refractivity contribution >= 4 is 64.3 Å². The predicted octanol–water partition coefficient (Wildman–Crippen LogP) is 4.26. The van der Waals surface area contributed by atoms with E-state index in [4.69, 9.17) is 4.74 Å². The summed E-state index contributed by atoms with van der Waals surface area (Å²) in [6.07, 6.45) is 3.18. The lowest BCUT2D eigenvalue weighted by Gasteiger charge is -2.41. The minimum atomic E-state index is -1.03. The zero-order valence-electron chi connectivity index (χ0n) is 33.8. The van der Waals surface area contributed by atoms with Gasteiger partial charge in [0.05, 0.1) is 16.8 Å². The largest absolute Gasteiger partial charge is 0.482 e. The van der Waals surface area contributed by atoms with Crippen molar-refractivity contribution in [2.24, 2.45) is 0 Å². The van der Waals surface area contributed by atoms with Crippen molar-refractivity contribution in [1.82, 2.24) is 20.4 Å². The molecule has 4 heterocycles. The van der Waals surface area contributed by atoms with Crippen molar-refractivity contribution in [3.05, 3.63) is 118 Å². The molecule has 16 heteroatoms. The highest BCUT2D eigenvalue weighted by atomic mass is 16.5. The van der Waals surface area contributed by atoms with Crippen LogP contribution in [0.5, 0.6) is 5.75 Å². The van der Waals surface area contributed by atoms with E-state index in [1.165, 1.54) is 0 Å². The number of carbonyl (C=O) groups excluding carboxylic acids is 8. The molecular weight excluding hydrogens is 795 g/mol. The molecule has 0 spiro atoms. The number of nitrogens with one attached hydrogen (secondary N) is 4. The maximum Gasteiger partial charge on any atom is 0.262 e. The number of benzene rings is 4. The molecule has 1 unspecified atom stereocenters. The van der Waals surface area contributed by atoms with Crippen LogP contribution in [0.4, 0.5) is 17.1 Å². The van der Waals surface area contributed by atoms with Crippen LogP contribution in [0.15, 0.2) is 84.9 Å². The van der Waals surface area contributed by atoms with Crippen LogP contribution in [0.2, 0.25) is 0 Å². The number of amides is 8. The maximum absolute atomic E-state index is 13.6. The van der Waals surface area contributed by atoms with Crippen molar-refractivity contribution in [3.8, 4) is 5.75 Å². The van der Waals surface area contributed by atoms with E-state index in [-0.39, 0.29) is 60.2 Å². The number of imide groups is 2. The van der Waals surface area contributed by atoms with Crippen LogP contribution >= 0.6 is 0 Å². The van der Waals surface area contributed by atoms with Crippen LogP contribution in [-0.4, -0.2) is 94.4 Å². The molecule has 2 saturated heterocycles. The fourth-order valence-corrected chi connectivity index (χ4v) is 8.38. The number of hydrogen-bond donors (Lipinski definition) is 4. The van der Waals surface area contributed by atoms with Crippen LogP contribution in [0.25, 0.3) is 0 Å². The Balaban J connectivity index is 0.763. The van der Waals surface area contributed by atoms with E-state index < -0.39 is 35.2 Å². The minimum absolute atomic E-state index is 0.0484. The van der Waals surface area contributed by atoms with Crippen LogP contribution in [-0.2, 0) is 20.9 Å². The standard InChI is InChI=1S/C46H43N7O9/c1-46(18-20-51(21-19-46)32-13-14-33-34(23-32)45(61)53(44(33)60)36-16-17-38(54)49-42(36)58)50-41(57)28-6-9-30(10-7-28)47-40(56)27-4-2-26(3-5-27)24-52(31-11-12-31)43(59)29-8-15-35-37(22-29)62-25-39(55)48-35/h2-10,13-15,22-23,31,36H,11-12,16-21,24-25H2,1H3,(H,47,56)(H,48,55)(H,50,57)(H,49,54,58). The van der Waals surface area contributed by atoms with Gasteiger partial charge in [0.25, 0.3) is 35.4 Å². The van der Waals surface area contributed by atoms with Gasteiger partial charge in [-0.25, -0.2) is 0 Å². The van der Waals surface area contributed by atoms with Crippen molar-refractivity contribution in [2.45, 2.75) is 69.6 Å². The Hall–Kier alpha value is -7.36. The first-order chi connectivity index (χ1) is 29.8. The zero-order valence-corrected chi connectivity index (χ0v) is 33.8. The monoisotopic (exact) mass is 837 g/mol. The first-order valence-electron chi connectivity index (χ1n) is 20.6. The summed E-state index contributed by atoms with van der Waals surface area (Å²) in [5.41, 5.74) is 3.93. The van der Waals surface area contributed by atoms with Gasteiger partial charge in [-0.1, -0.05) is 12.1 Å². The highest BCUT2D eigenvalue weighted by Crippen LogP contribution is 2.35. The number of anilines is 3. The quantitative estimate of drug-likeness (QED) is 0.167. The second-order valence-corrected chi connectivity index (χ2v) is 16.6. The summed E-state index contributed by atoms with van der Waals surface area (Å²) in [6, 6.07) is 22.9. The SMILES string of the molecule is CC1(NC(=O)c2ccc(NC(=O)c3ccc(CN(C(=O)c4ccc5c(c4)OCC(=O)N5)C4CC4)cc3)cc2)CCN(c2ccc3c(c2)C(=O)N(C2CCC(=O)NC2=O)C3=O)CC1. The van der Waals surface area contributed by atoms with Gasteiger partial charge >= 0.3 is 0 Å². The lowest BCUT2D eigenvalue weighted by atomic mass is 9.88. The summed E-state index contributed by atoms with van der Waals surface area (Å²) in [7, 11) is 0. The molecule has 62 heavy (non-hydrogen) atoms. The number of ether oxygens (including phenoxy) is 1. The van der Waals surface area contributed by atoms with E-state index in [0.29, 0.717) is 66.3 Å². The van der Waals surface area contributed by atoms with Gasteiger partial charge in [-0.3, -0.25) is 48.6 Å². The molecule has 0 aromatic heterocycles. The molecule has 4 aromatic rings. The Morgan fingerprint density at radius 1 is 0.758 bits per heavy atom. The summed E-state index contributed by atoms with van der Waals surface area (Å²) in [5.74, 6) is -2.69. The molecule has 0 radical (unpaired) electrons. The summed E-state index contributed by atoms with van der Waals surface area (Å²) in [4.78, 5) is 107. The van der Waals surface area contributed by atoms with Crippen LogP contribution in [0.1, 0.15) is 103 Å². The molecule has 1 aliphatic carbocycles. The number of rotatable bonds is 10. The summed E-state index contributed by atoms with van der Waals surface area (Å²) in [6.45, 7) is 3.41. The predicted molar refractivity (Wildman–Crippen MR) is 225 cm³/mol. The van der Waals surface area contributed by atoms with E-state index in [9.17, 15) is 38.4 Å². The van der Waals surface area contributed by atoms with E-state index >= 15 is 0 Å². The van der Waals surface area contributed by atoms with Crippen LogP contribution in [0.3, 0.4) is 0 Å². The molecule has 8 amide bonds. The highest BCUT2D eigenvalue weighted by Gasteiger charge is 2.45. The Bertz CT molecular complexity index is 2560. The maximum atomic E-state index is 13.6. The molecule has 316 valence electrons. The Kier molecular flexibility index (Phi) is 10.3. The second kappa shape index (κ2) is 15.9. The number of fused-ring (bicyclic) bond motifs is 2. The molecule has 5 aliphatic rings. The molecule has 1 atom stereocenters. The van der Waals surface area contributed by atoms with Gasteiger partial charge in [0.1, 0.15) is 11.8 Å². The molecule has 4 N–H and O–H groups in total. The van der Waals surface area contributed by atoms with Gasteiger partial charge in [0, 0.05) is 65.7 Å². The van der Waals surface area contributed by atoms with Crippen molar-refractivity contribution in [1.29, 1.82) is 0 Å². The first kappa shape index (κ1) is 40.1. The number of nitrogens with zero attached hydrogens (tertiary/aromatic N) is 3. The van der Waals surface area contributed by atoms with E-state index in [1.54, 1.807) is 72.8 Å². The molecule has 0 bridgehead atoms. The minimum Gasteiger partial charge on any atom is -0.482 e. The smallest absolute Gasteiger partial charge is 0.262 e. The van der Waals surface area contributed by atoms with Gasteiger partial charge in [0.15, 0.2) is 6.61 Å². The fourth-order valence-electron chi connectivity index (χ4n) is 8.38. The molecule has 9 rings (SSSR count). The molecule has 4 aromatic carbocycles. The van der Waals surface area contributed by atoms with Gasteiger partial charge in [-0.15, -0.1) is 0 Å². The average Bonchev–Trinajstić information content (AvgIpc) is 4.08. The number of piperidine rings is 2. The van der Waals surface area contributed by atoms with E-state index in [2.05, 4.69) is 26.2 Å². The fraction of sp³-hybridized carbons (Fsp3) is 0.304. The zero-order chi connectivity index (χ0) is 43.3. The topological polar surface area (TPSA) is 204 Å². The van der Waals surface area contributed by atoms with Gasteiger partial charge in [-0.2, -0.15) is 0 Å². The molecule has 1 saturated carbocycles. The second-order valence-electron chi connectivity index (χ2n) is 16.6.